The van der Waals surface area contributed by atoms with Crippen LogP contribution in [0.5, 0.6) is 5.75 Å². The van der Waals surface area contributed by atoms with Gasteiger partial charge in [-0.05, 0) is 61.5 Å². The van der Waals surface area contributed by atoms with Gasteiger partial charge in [-0.2, -0.15) is 0 Å². The number of thiophene rings is 1. The number of nitrogens with one attached hydrogen (secondary N) is 2. The molecular weight excluding hydrogens is 523 g/mol. The zero-order chi connectivity index (χ0) is 21.2. The van der Waals surface area contributed by atoms with Crippen molar-refractivity contribution in [1.29, 1.82) is 0 Å². The Bertz CT molecular complexity index is 770. The fraction of sp³-hybridized carbons (Fsp3) is 0.522. The molecule has 0 bridgehead atoms. The lowest BCUT2D eigenvalue weighted by Gasteiger charge is -2.39. The van der Waals surface area contributed by atoms with Crippen LogP contribution in [0.1, 0.15) is 29.3 Å². The molecule has 0 spiro atoms. The van der Waals surface area contributed by atoms with E-state index >= 15 is 0 Å². The molecule has 31 heavy (non-hydrogen) atoms. The van der Waals surface area contributed by atoms with Crippen LogP contribution in [0, 0.1) is 5.92 Å². The van der Waals surface area contributed by atoms with Crippen molar-refractivity contribution in [2.75, 3.05) is 47.5 Å². The first kappa shape index (κ1) is 25.9. The van der Waals surface area contributed by atoms with Crippen LogP contribution < -0.4 is 15.4 Å². The maximum atomic E-state index is 5.62. The zero-order valence-electron chi connectivity index (χ0n) is 18.7. The van der Waals surface area contributed by atoms with Crippen LogP contribution in [0.2, 0.25) is 0 Å². The second kappa shape index (κ2) is 13.9. The highest BCUT2D eigenvalue weighted by Crippen LogP contribution is 2.36. The van der Waals surface area contributed by atoms with Gasteiger partial charge in [0, 0.05) is 38.2 Å². The molecule has 2 N–H and O–H groups in total. The van der Waals surface area contributed by atoms with Gasteiger partial charge in [0.25, 0.3) is 0 Å². The fourth-order valence-corrected chi connectivity index (χ4v) is 4.95. The van der Waals surface area contributed by atoms with E-state index in [4.69, 9.17) is 9.47 Å². The van der Waals surface area contributed by atoms with E-state index < -0.39 is 0 Å². The minimum Gasteiger partial charge on any atom is -0.491 e. The molecule has 2 aromatic rings. The van der Waals surface area contributed by atoms with Gasteiger partial charge in [0.1, 0.15) is 12.4 Å². The number of ether oxygens (including phenoxy) is 2. The van der Waals surface area contributed by atoms with Gasteiger partial charge in [-0.3, -0.25) is 9.89 Å². The normalized spacial score (nSPS) is 19.5. The maximum Gasteiger partial charge on any atom is 0.191 e. The highest BCUT2D eigenvalue weighted by atomic mass is 127. The third-order valence-electron chi connectivity index (χ3n) is 5.54. The van der Waals surface area contributed by atoms with E-state index in [9.17, 15) is 0 Å². The number of methoxy groups -OCH3 is 1. The van der Waals surface area contributed by atoms with Crippen molar-refractivity contribution in [1.82, 2.24) is 15.5 Å². The average Bonchev–Trinajstić information content (AvgIpc) is 3.29. The number of nitrogens with zero attached hydrogens (tertiary/aromatic N) is 2. The molecule has 1 aromatic carbocycles. The van der Waals surface area contributed by atoms with Crippen molar-refractivity contribution in [3.05, 3.63) is 52.2 Å². The van der Waals surface area contributed by atoms with Gasteiger partial charge in [0.15, 0.2) is 5.96 Å². The Morgan fingerprint density at radius 3 is 2.68 bits per heavy atom. The summed E-state index contributed by atoms with van der Waals surface area (Å²) in [7, 11) is 5.74. The van der Waals surface area contributed by atoms with E-state index in [-0.39, 0.29) is 24.0 Å². The molecule has 1 aliphatic heterocycles. The second-order valence-corrected chi connectivity index (χ2v) is 8.61. The topological polar surface area (TPSA) is 58.1 Å². The molecule has 8 heteroatoms. The molecule has 2 atom stereocenters. The molecule has 1 aromatic heterocycles. The average molecular weight is 559 g/mol. The number of halogens is 1. The third kappa shape index (κ3) is 7.93. The summed E-state index contributed by atoms with van der Waals surface area (Å²) in [6.45, 7) is 3.95. The first-order valence-corrected chi connectivity index (χ1v) is 11.5. The predicted molar refractivity (Wildman–Crippen MR) is 140 cm³/mol. The minimum atomic E-state index is 0. The summed E-state index contributed by atoms with van der Waals surface area (Å²) in [5.41, 5.74) is 1.19. The van der Waals surface area contributed by atoms with Crippen molar-refractivity contribution < 1.29 is 9.47 Å². The summed E-state index contributed by atoms with van der Waals surface area (Å²) >= 11 is 1.86. The van der Waals surface area contributed by atoms with Crippen LogP contribution in [0.3, 0.4) is 0 Å². The number of aliphatic imine (C=N–C) groups is 1. The summed E-state index contributed by atoms with van der Waals surface area (Å²) < 4.78 is 10.6. The molecule has 172 valence electrons. The highest BCUT2D eigenvalue weighted by Gasteiger charge is 2.31. The van der Waals surface area contributed by atoms with Gasteiger partial charge in [-0.15, -0.1) is 35.3 Å². The molecule has 2 unspecified atom stereocenters. The molecule has 1 fully saturated rings. The summed E-state index contributed by atoms with van der Waals surface area (Å²) in [6.07, 6.45) is 2.48. The van der Waals surface area contributed by atoms with E-state index in [1.165, 1.54) is 23.3 Å². The van der Waals surface area contributed by atoms with Gasteiger partial charge < -0.3 is 20.1 Å². The Morgan fingerprint density at radius 1 is 1.19 bits per heavy atom. The van der Waals surface area contributed by atoms with Crippen LogP contribution in [-0.4, -0.2) is 58.4 Å². The lowest BCUT2D eigenvalue weighted by atomic mass is 9.88. The quantitative estimate of drug-likeness (QED) is 0.210. The molecule has 2 heterocycles. The largest absolute Gasteiger partial charge is 0.491 e. The lowest BCUT2D eigenvalue weighted by Crippen LogP contribution is -2.44. The number of benzene rings is 1. The molecule has 0 amide bonds. The molecule has 6 nitrogen and oxygen atoms in total. The minimum absolute atomic E-state index is 0. The van der Waals surface area contributed by atoms with Crippen LogP contribution in [0.15, 0.2) is 46.8 Å². The van der Waals surface area contributed by atoms with Crippen LogP contribution in [0.25, 0.3) is 0 Å². The number of likely N-dealkylation sites (tertiary alicyclic amines) is 1. The lowest BCUT2D eigenvalue weighted by molar-refractivity contribution is 0.125. The molecule has 0 saturated carbocycles. The molecule has 3 rings (SSSR count). The zero-order valence-corrected chi connectivity index (χ0v) is 21.8. The van der Waals surface area contributed by atoms with Crippen molar-refractivity contribution in [3.8, 4) is 5.75 Å². The van der Waals surface area contributed by atoms with Gasteiger partial charge >= 0.3 is 0 Å². The monoisotopic (exact) mass is 558 g/mol. The Labute approximate surface area is 207 Å². The van der Waals surface area contributed by atoms with E-state index in [2.05, 4.69) is 57.2 Å². The number of guanidine groups is 1. The van der Waals surface area contributed by atoms with Gasteiger partial charge in [-0.25, -0.2) is 0 Å². The van der Waals surface area contributed by atoms with Crippen molar-refractivity contribution in [2.45, 2.75) is 25.4 Å². The molecule has 1 aliphatic rings. The third-order valence-corrected chi connectivity index (χ3v) is 6.48. The second-order valence-electron chi connectivity index (χ2n) is 7.64. The van der Waals surface area contributed by atoms with Crippen LogP contribution in [-0.2, 0) is 11.3 Å². The first-order chi connectivity index (χ1) is 14.7. The SMILES string of the molecule is CN=C(NCc1ccc(OCCOC)cc1)NCC1CCCN(C)C1c1cccs1.I. The molecule has 1 saturated heterocycles. The maximum absolute atomic E-state index is 5.62. The number of hydrogen-bond donors (Lipinski definition) is 2. The van der Waals surface area contributed by atoms with E-state index in [0.717, 1.165) is 31.3 Å². The van der Waals surface area contributed by atoms with E-state index in [0.29, 0.717) is 25.2 Å². The van der Waals surface area contributed by atoms with Crippen molar-refractivity contribution in [2.24, 2.45) is 10.9 Å². The molecule has 0 radical (unpaired) electrons. The summed E-state index contributed by atoms with van der Waals surface area (Å²) in [5.74, 6) is 2.28. The Hall–Kier alpha value is -1.36. The van der Waals surface area contributed by atoms with Crippen molar-refractivity contribution >= 4 is 41.3 Å². The van der Waals surface area contributed by atoms with E-state index in [1.54, 1.807) is 7.11 Å². The molecular formula is C23H35IN4O2S. The summed E-state index contributed by atoms with van der Waals surface area (Å²) in [5, 5.41) is 9.15. The molecule has 0 aliphatic carbocycles. The number of piperidine rings is 1. The number of rotatable bonds is 9. The van der Waals surface area contributed by atoms with Gasteiger partial charge in [-0.1, -0.05) is 18.2 Å². The van der Waals surface area contributed by atoms with Crippen LogP contribution in [0.4, 0.5) is 0 Å². The Morgan fingerprint density at radius 2 is 2.00 bits per heavy atom. The predicted octanol–water partition coefficient (Wildman–Crippen LogP) is 4.14. The fourth-order valence-electron chi connectivity index (χ4n) is 3.96. The summed E-state index contributed by atoms with van der Waals surface area (Å²) in [6, 6.07) is 13.0. The van der Waals surface area contributed by atoms with E-state index in [1.807, 2.05) is 30.5 Å². The first-order valence-electron chi connectivity index (χ1n) is 10.6. The Balaban J connectivity index is 0.00000341. The van der Waals surface area contributed by atoms with Crippen LogP contribution >= 0.6 is 35.3 Å². The Kier molecular flexibility index (Phi) is 11.6. The standard InChI is InChI=1S/C23H34N4O2S.HI/c1-24-23(25-16-18-8-10-20(11-9-18)29-14-13-28-3)26-17-19-6-4-12-27(2)22(19)21-7-5-15-30-21;/h5,7-11,15,19,22H,4,6,12-14,16-17H2,1-3H3,(H2,24,25,26);1H. The van der Waals surface area contributed by atoms with Crippen molar-refractivity contribution in [3.63, 3.8) is 0 Å². The van der Waals surface area contributed by atoms with Gasteiger partial charge in [0.05, 0.1) is 6.61 Å². The smallest absolute Gasteiger partial charge is 0.191 e. The summed E-state index contributed by atoms with van der Waals surface area (Å²) in [4.78, 5) is 8.36. The number of hydrogen-bond acceptors (Lipinski definition) is 5. The highest BCUT2D eigenvalue weighted by molar-refractivity contribution is 14.0. The van der Waals surface area contributed by atoms with Gasteiger partial charge in [0.2, 0.25) is 0 Å².